The molecule has 1 aliphatic heterocycles. The quantitative estimate of drug-likeness (QED) is 0.631. The molecular weight excluding hydrogens is 242 g/mol. The van der Waals surface area contributed by atoms with E-state index in [1.807, 2.05) is 18.2 Å². The van der Waals surface area contributed by atoms with Crippen LogP contribution in [0.4, 0.5) is 5.69 Å². The predicted molar refractivity (Wildman–Crippen MR) is 74.9 cm³/mol. The van der Waals surface area contributed by atoms with Crippen LogP contribution in [0.1, 0.15) is 19.8 Å². The van der Waals surface area contributed by atoms with E-state index in [1.54, 1.807) is 0 Å². The fourth-order valence-electron chi connectivity index (χ4n) is 2.08. The molecule has 0 radical (unpaired) electrons. The number of hydrogen-bond donors (Lipinski definition) is 2. The third-order valence-electron chi connectivity index (χ3n) is 3.39. The number of guanidine groups is 1. The molecule has 1 aromatic carbocycles. The Bertz CT molecular complexity index is 501. The zero-order valence-electron chi connectivity index (χ0n) is 11.1. The van der Waals surface area contributed by atoms with E-state index in [9.17, 15) is 0 Å². The van der Waals surface area contributed by atoms with Gasteiger partial charge in [0.05, 0.1) is 19.3 Å². The number of aliphatic imine (C=N–C) groups is 1. The Morgan fingerprint density at radius 1 is 1.32 bits per heavy atom. The lowest BCUT2D eigenvalue weighted by Crippen LogP contribution is -2.23. The molecule has 2 unspecified atom stereocenters. The lowest BCUT2D eigenvalue weighted by molar-refractivity contribution is 0.297. The van der Waals surface area contributed by atoms with Crippen LogP contribution >= 0.6 is 0 Å². The molecule has 0 spiro atoms. The molecule has 102 valence electrons. The van der Waals surface area contributed by atoms with E-state index in [1.165, 1.54) is 0 Å². The number of anilines is 1. The molecule has 0 bridgehead atoms. The SMILES string of the molecule is CC1CC1N=C(N)Nc1ccc2c(c1)OCCCO2. The van der Waals surface area contributed by atoms with Crippen LogP contribution < -0.4 is 20.5 Å². The normalized spacial score (nSPS) is 25.6. The van der Waals surface area contributed by atoms with Gasteiger partial charge >= 0.3 is 0 Å². The number of hydrogen-bond acceptors (Lipinski definition) is 3. The summed E-state index contributed by atoms with van der Waals surface area (Å²) in [4.78, 5) is 4.41. The number of nitrogens with one attached hydrogen (secondary N) is 1. The summed E-state index contributed by atoms with van der Waals surface area (Å²) in [6.45, 7) is 3.55. The Hall–Kier alpha value is -1.91. The van der Waals surface area contributed by atoms with Gasteiger partial charge in [0.1, 0.15) is 0 Å². The minimum Gasteiger partial charge on any atom is -0.490 e. The van der Waals surface area contributed by atoms with E-state index in [-0.39, 0.29) is 0 Å². The molecule has 5 heteroatoms. The van der Waals surface area contributed by atoms with Gasteiger partial charge in [-0.3, -0.25) is 0 Å². The molecule has 1 aromatic rings. The Balaban J connectivity index is 1.71. The van der Waals surface area contributed by atoms with Gasteiger partial charge in [-0.25, -0.2) is 4.99 Å². The lowest BCUT2D eigenvalue weighted by atomic mass is 10.3. The highest BCUT2D eigenvalue weighted by molar-refractivity contribution is 5.92. The Labute approximate surface area is 112 Å². The van der Waals surface area contributed by atoms with Crippen molar-refractivity contribution < 1.29 is 9.47 Å². The first-order valence-electron chi connectivity index (χ1n) is 6.72. The average molecular weight is 261 g/mol. The average Bonchev–Trinajstić information content (AvgIpc) is 3.11. The number of benzene rings is 1. The Morgan fingerprint density at radius 2 is 2.05 bits per heavy atom. The minimum atomic E-state index is 0.382. The van der Waals surface area contributed by atoms with E-state index >= 15 is 0 Å². The molecule has 5 nitrogen and oxygen atoms in total. The van der Waals surface area contributed by atoms with Gasteiger partial charge in [-0.15, -0.1) is 0 Å². The van der Waals surface area contributed by atoms with Gasteiger partial charge in [0.15, 0.2) is 17.5 Å². The molecule has 1 heterocycles. The molecule has 2 aliphatic rings. The number of nitrogens with two attached hydrogens (primary N) is 1. The van der Waals surface area contributed by atoms with Gasteiger partial charge in [-0.1, -0.05) is 6.92 Å². The van der Waals surface area contributed by atoms with Gasteiger partial charge in [0.25, 0.3) is 0 Å². The van der Waals surface area contributed by atoms with Crippen LogP contribution in [0.25, 0.3) is 0 Å². The molecule has 3 rings (SSSR count). The second-order valence-corrected chi connectivity index (χ2v) is 5.13. The van der Waals surface area contributed by atoms with Crippen molar-refractivity contribution in [2.24, 2.45) is 16.6 Å². The number of rotatable bonds is 2. The highest BCUT2D eigenvalue weighted by Gasteiger charge is 2.32. The molecule has 0 aromatic heterocycles. The topological polar surface area (TPSA) is 68.9 Å². The van der Waals surface area contributed by atoms with E-state index in [4.69, 9.17) is 15.2 Å². The molecule has 1 aliphatic carbocycles. The summed E-state index contributed by atoms with van der Waals surface area (Å²) in [5.41, 5.74) is 6.76. The highest BCUT2D eigenvalue weighted by atomic mass is 16.5. The van der Waals surface area contributed by atoms with Crippen LogP contribution in [0.3, 0.4) is 0 Å². The standard InChI is InChI=1S/C14H19N3O2/c1-9-7-11(9)17-14(15)16-10-3-4-12-13(8-10)19-6-2-5-18-12/h3-4,8-9,11H,2,5-7H2,1H3,(H3,15,16,17). The first kappa shape index (κ1) is 12.1. The van der Waals surface area contributed by atoms with E-state index in [0.717, 1.165) is 30.0 Å². The molecule has 19 heavy (non-hydrogen) atoms. The van der Waals surface area contributed by atoms with Crippen molar-refractivity contribution >= 4 is 11.6 Å². The fraction of sp³-hybridized carbons (Fsp3) is 0.500. The molecule has 0 saturated heterocycles. The summed E-state index contributed by atoms with van der Waals surface area (Å²) in [6.07, 6.45) is 2.03. The number of nitrogens with zero attached hydrogens (tertiary/aromatic N) is 1. The molecular formula is C14H19N3O2. The first-order valence-corrected chi connectivity index (χ1v) is 6.72. The third kappa shape index (κ3) is 2.92. The summed E-state index contributed by atoms with van der Waals surface area (Å²) < 4.78 is 11.2. The van der Waals surface area contributed by atoms with Crippen molar-refractivity contribution in [3.8, 4) is 11.5 Å². The van der Waals surface area contributed by atoms with Gasteiger partial charge in [-0.2, -0.15) is 0 Å². The van der Waals surface area contributed by atoms with Gasteiger partial charge in [-0.05, 0) is 24.5 Å². The van der Waals surface area contributed by atoms with Crippen LogP contribution in [-0.4, -0.2) is 25.2 Å². The monoisotopic (exact) mass is 261 g/mol. The zero-order valence-corrected chi connectivity index (χ0v) is 11.1. The molecule has 3 N–H and O–H groups in total. The number of ether oxygens (including phenoxy) is 2. The molecule has 1 saturated carbocycles. The Morgan fingerprint density at radius 3 is 2.79 bits per heavy atom. The summed E-state index contributed by atoms with van der Waals surface area (Å²) in [5, 5.41) is 3.10. The van der Waals surface area contributed by atoms with Crippen LogP contribution in [-0.2, 0) is 0 Å². The Kier molecular flexibility index (Phi) is 3.19. The molecule has 2 atom stereocenters. The molecule has 0 amide bonds. The van der Waals surface area contributed by atoms with Crippen molar-refractivity contribution in [1.82, 2.24) is 0 Å². The summed E-state index contributed by atoms with van der Waals surface area (Å²) >= 11 is 0. The van der Waals surface area contributed by atoms with Crippen LogP contribution in [0.2, 0.25) is 0 Å². The third-order valence-corrected chi connectivity index (χ3v) is 3.39. The summed E-state index contributed by atoms with van der Waals surface area (Å²) in [7, 11) is 0. The predicted octanol–water partition coefficient (Wildman–Crippen LogP) is 1.98. The van der Waals surface area contributed by atoms with Crippen molar-refractivity contribution in [2.45, 2.75) is 25.8 Å². The zero-order chi connectivity index (χ0) is 13.2. The second-order valence-electron chi connectivity index (χ2n) is 5.13. The first-order chi connectivity index (χ1) is 9.22. The van der Waals surface area contributed by atoms with Crippen molar-refractivity contribution in [3.63, 3.8) is 0 Å². The minimum absolute atomic E-state index is 0.382. The maximum absolute atomic E-state index is 5.88. The highest BCUT2D eigenvalue weighted by Crippen LogP contribution is 2.34. The van der Waals surface area contributed by atoms with Crippen molar-refractivity contribution in [3.05, 3.63) is 18.2 Å². The van der Waals surface area contributed by atoms with Gasteiger partial charge < -0.3 is 20.5 Å². The maximum Gasteiger partial charge on any atom is 0.193 e. The van der Waals surface area contributed by atoms with Gasteiger partial charge in [0.2, 0.25) is 0 Å². The van der Waals surface area contributed by atoms with Crippen LogP contribution in [0.5, 0.6) is 11.5 Å². The van der Waals surface area contributed by atoms with E-state index in [0.29, 0.717) is 31.1 Å². The maximum atomic E-state index is 5.88. The van der Waals surface area contributed by atoms with E-state index < -0.39 is 0 Å². The van der Waals surface area contributed by atoms with E-state index in [2.05, 4.69) is 17.2 Å². The second kappa shape index (κ2) is 4.99. The van der Waals surface area contributed by atoms with Crippen molar-refractivity contribution in [2.75, 3.05) is 18.5 Å². The van der Waals surface area contributed by atoms with Crippen molar-refractivity contribution in [1.29, 1.82) is 0 Å². The van der Waals surface area contributed by atoms with Crippen LogP contribution in [0, 0.1) is 5.92 Å². The largest absolute Gasteiger partial charge is 0.490 e. The fourth-order valence-corrected chi connectivity index (χ4v) is 2.08. The van der Waals surface area contributed by atoms with Gasteiger partial charge in [0, 0.05) is 18.2 Å². The summed E-state index contributed by atoms with van der Waals surface area (Å²) in [5.74, 6) is 2.66. The molecule has 1 fully saturated rings. The smallest absolute Gasteiger partial charge is 0.193 e. The number of fused-ring (bicyclic) bond motifs is 1. The van der Waals surface area contributed by atoms with Crippen LogP contribution in [0.15, 0.2) is 23.2 Å². The lowest BCUT2D eigenvalue weighted by Gasteiger charge is -2.10. The summed E-state index contributed by atoms with van der Waals surface area (Å²) in [6, 6.07) is 6.11.